The number of rotatable bonds is 3. The summed E-state index contributed by atoms with van der Waals surface area (Å²) in [5.41, 5.74) is -0.362. The third kappa shape index (κ3) is 2.78. The zero-order chi connectivity index (χ0) is 14.7. The fourth-order valence-electron chi connectivity index (χ4n) is 1.59. The predicted molar refractivity (Wildman–Crippen MR) is 72.3 cm³/mol. The second kappa shape index (κ2) is 5.72. The van der Waals surface area contributed by atoms with Crippen molar-refractivity contribution in [3.8, 4) is 17.6 Å². The highest BCUT2D eigenvalue weighted by molar-refractivity contribution is 9.10. The van der Waals surface area contributed by atoms with Crippen LogP contribution in [0.4, 0.5) is 4.39 Å². The second-order valence-corrected chi connectivity index (χ2v) is 4.69. The molecule has 100 valence electrons. The van der Waals surface area contributed by atoms with E-state index in [1.54, 1.807) is 6.07 Å². The van der Waals surface area contributed by atoms with Gasteiger partial charge in [-0.05, 0) is 30.3 Å². The monoisotopic (exact) mass is 335 g/mol. The third-order valence-corrected chi connectivity index (χ3v) is 2.96. The van der Waals surface area contributed by atoms with Crippen LogP contribution in [0.2, 0.25) is 0 Å². The molecule has 0 amide bonds. The Labute approximate surface area is 122 Å². The number of hydrogen-bond acceptors (Lipinski definition) is 3. The number of carboxylic acids is 1. The first-order chi connectivity index (χ1) is 9.52. The van der Waals surface area contributed by atoms with Crippen molar-refractivity contribution in [2.75, 3.05) is 0 Å². The molecule has 0 saturated heterocycles. The molecule has 0 aliphatic heterocycles. The van der Waals surface area contributed by atoms with Crippen LogP contribution in [0.3, 0.4) is 0 Å². The van der Waals surface area contributed by atoms with Crippen molar-refractivity contribution in [3.63, 3.8) is 0 Å². The van der Waals surface area contributed by atoms with Gasteiger partial charge in [0.25, 0.3) is 0 Å². The van der Waals surface area contributed by atoms with Crippen LogP contribution in [0.25, 0.3) is 0 Å². The Morgan fingerprint density at radius 1 is 1.30 bits per heavy atom. The first-order valence-electron chi connectivity index (χ1n) is 5.42. The number of carbonyl (C=O) groups is 1. The van der Waals surface area contributed by atoms with Crippen molar-refractivity contribution in [2.24, 2.45) is 0 Å². The normalized spacial score (nSPS) is 9.85. The van der Waals surface area contributed by atoms with Crippen molar-refractivity contribution >= 4 is 21.9 Å². The molecule has 0 heterocycles. The lowest BCUT2D eigenvalue weighted by Crippen LogP contribution is -2.03. The van der Waals surface area contributed by atoms with Crippen molar-refractivity contribution in [3.05, 3.63) is 57.8 Å². The molecule has 4 nitrogen and oxygen atoms in total. The Kier molecular flexibility index (Phi) is 4.01. The van der Waals surface area contributed by atoms with Gasteiger partial charge in [-0.15, -0.1) is 0 Å². The van der Waals surface area contributed by atoms with Gasteiger partial charge < -0.3 is 9.84 Å². The van der Waals surface area contributed by atoms with Crippen molar-refractivity contribution in [2.45, 2.75) is 0 Å². The highest BCUT2D eigenvalue weighted by Crippen LogP contribution is 2.30. The van der Waals surface area contributed by atoms with Crippen LogP contribution in [0.1, 0.15) is 15.9 Å². The fourth-order valence-corrected chi connectivity index (χ4v) is 1.96. The summed E-state index contributed by atoms with van der Waals surface area (Å²) in [4.78, 5) is 11.0. The summed E-state index contributed by atoms with van der Waals surface area (Å²) in [5.74, 6) is -2.33. The minimum Gasteiger partial charge on any atom is -0.477 e. The Morgan fingerprint density at radius 3 is 2.70 bits per heavy atom. The number of hydrogen-bond donors (Lipinski definition) is 1. The molecule has 20 heavy (non-hydrogen) atoms. The molecule has 2 rings (SSSR count). The fraction of sp³-hybridized carbons (Fsp3) is 0. The van der Waals surface area contributed by atoms with Gasteiger partial charge in [-0.3, -0.25) is 0 Å². The van der Waals surface area contributed by atoms with E-state index < -0.39 is 17.3 Å². The quantitative estimate of drug-likeness (QED) is 0.921. The predicted octanol–water partition coefficient (Wildman–Crippen LogP) is 3.95. The summed E-state index contributed by atoms with van der Waals surface area (Å²) in [5, 5.41) is 18.0. The summed E-state index contributed by atoms with van der Waals surface area (Å²) >= 11 is 3.21. The zero-order valence-corrected chi connectivity index (χ0v) is 11.5. The molecule has 0 radical (unpaired) electrons. The van der Waals surface area contributed by atoms with Crippen LogP contribution in [0, 0.1) is 17.1 Å². The number of benzene rings is 2. The zero-order valence-electron chi connectivity index (χ0n) is 9.93. The first kappa shape index (κ1) is 14.0. The number of nitrogens with zero attached hydrogens (tertiary/aromatic N) is 1. The minimum absolute atomic E-state index is 0.156. The molecule has 2 aromatic rings. The van der Waals surface area contributed by atoms with Gasteiger partial charge in [0.15, 0.2) is 0 Å². The minimum atomic E-state index is -1.44. The van der Waals surface area contributed by atoms with Gasteiger partial charge in [0.2, 0.25) is 0 Å². The van der Waals surface area contributed by atoms with Crippen molar-refractivity contribution < 1.29 is 19.0 Å². The third-order valence-electron chi connectivity index (χ3n) is 2.47. The lowest BCUT2D eigenvalue weighted by molar-refractivity contribution is 0.0689. The van der Waals surface area contributed by atoms with Crippen LogP contribution in [0.15, 0.2) is 40.9 Å². The maximum atomic E-state index is 13.5. The Balaban J connectivity index is 2.49. The number of aromatic carboxylic acids is 1. The van der Waals surface area contributed by atoms with Crippen LogP contribution < -0.4 is 4.74 Å². The molecule has 0 atom stereocenters. The van der Waals surface area contributed by atoms with Gasteiger partial charge in [0.05, 0.1) is 5.56 Å². The van der Waals surface area contributed by atoms with Gasteiger partial charge in [-0.25, -0.2) is 9.18 Å². The molecule has 0 aliphatic rings. The van der Waals surface area contributed by atoms with E-state index in [9.17, 15) is 9.18 Å². The maximum Gasteiger partial charge on any atom is 0.342 e. The summed E-state index contributed by atoms with van der Waals surface area (Å²) in [7, 11) is 0. The molecule has 0 fully saturated rings. The topological polar surface area (TPSA) is 70.3 Å². The second-order valence-electron chi connectivity index (χ2n) is 3.77. The first-order valence-corrected chi connectivity index (χ1v) is 6.21. The Morgan fingerprint density at radius 2 is 2.05 bits per heavy atom. The smallest absolute Gasteiger partial charge is 0.342 e. The van der Waals surface area contributed by atoms with Crippen LogP contribution >= 0.6 is 15.9 Å². The maximum absolute atomic E-state index is 13.5. The molecule has 0 unspecified atom stereocenters. The van der Waals surface area contributed by atoms with Gasteiger partial charge in [0, 0.05) is 4.47 Å². The van der Waals surface area contributed by atoms with E-state index >= 15 is 0 Å². The average molecular weight is 336 g/mol. The van der Waals surface area contributed by atoms with Gasteiger partial charge in [-0.1, -0.05) is 22.0 Å². The molecule has 1 N–H and O–H groups in total. The van der Waals surface area contributed by atoms with E-state index in [0.717, 1.165) is 6.07 Å². The van der Waals surface area contributed by atoms with Crippen LogP contribution in [0.5, 0.6) is 11.5 Å². The molecule has 0 aromatic heterocycles. The molecule has 0 spiro atoms. The SMILES string of the molecule is N#Cc1cc(Br)ccc1Oc1cccc(F)c1C(=O)O. The standard InChI is InChI=1S/C14H7BrFNO3/c15-9-4-5-11(8(6-9)7-17)20-12-3-1-2-10(16)13(12)14(18)19/h1-6H,(H,18,19). The number of carboxylic acid groups (broad SMARTS) is 1. The highest BCUT2D eigenvalue weighted by Gasteiger charge is 2.18. The molecular formula is C14H7BrFNO3. The molecule has 0 aliphatic carbocycles. The van der Waals surface area contributed by atoms with Crippen LogP contribution in [-0.2, 0) is 0 Å². The van der Waals surface area contributed by atoms with E-state index in [2.05, 4.69) is 15.9 Å². The van der Waals surface area contributed by atoms with E-state index in [4.69, 9.17) is 15.1 Å². The lowest BCUT2D eigenvalue weighted by Gasteiger charge is -2.10. The van der Waals surface area contributed by atoms with Gasteiger partial charge in [-0.2, -0.15) is 5.26 Å². The van der Waals surface area contributed by atoms with E-state index in [1.165, 1.54) is 24.3 Å². The van der Waals surface area contributed by atoms with Gasteiger partial charge in [0.1, 0.15) is 28.9 Å². The summed E-state index contributed by atoms with van der Waals surface area (Å²) in [6.07, 6.45) is 0. The largest absolute Gasteiger partial charge is 0.477 e. The highest BCUT2D eigenvalue weighted by atomic mass is 79.9. The molecule has 2 aromatic carbocycles. The van der Waals surface area contributed by atoms with E-state index in [0.29, 0.717) is 4.47 Å². The van der Waals surface area contributed by atoms with E-state index in [1.807, 2.05) is 6.07 Å². The average Bonchev–Trinajstić information content (AvgIpc) is 2.40. The molecule has 0 bridgehead atoms. The number of halogens is 2. The Bertz CT molecular complexity index is 725. The molecule has 0 saturated carbocycles. The Hall–Kier alpha value is -2.39. The molecule has 6 heteroatoms. The molecular weight excluding hydrogens is 329 g/mol. The van der Waals surface area contributed by atoms with Crippen molar-refractivity contribution in [1.82, 2.24) is 0 Å². The lowest BCUT2D eigenvalue weighted by atomic mass is 10.2. The summed E-state index contributed by atoms with van der Waals surface area (Å²) in [6.45, 7) is 0. The van der Waals surface area contributed by atoms with E-state index in [-0.39, 0.29) is 17.1 Å². The van der Waals surface area contributed by atoms with Crippen molar-refractivity contribution in [1.29, 1.82) is 5.26 Å². The van der Waals surface area contributed by atoms with Crippen LogP contribution in [-0.4, -0.2) is 11.1 Å². The summed E-state index contributed by atoms with van der Waals surface area (Å²) < 4.78 is 19.6. The number of ether oxygens (including phenoxy) is 1. The van der Waals surface area contributed by atoms with Gasteiger partial charge >= 0.3 is 5.97 Å². The summed E-state index contributed by atoms with van der Waals surface area (Å²) in [6, 6.07) is 10.3. The number of nitriles is 1.